The number of fused-ring (bicyclic) bond motifs is 3. The second-order valence-electron chi connectivity index (χ2n) is 16.8. The van der Waals surface area contributed by atoms with Gasteiger partial charge in [0.25, 0.3) is 5.91 Å². The van der Waals surface area contributed by atoms with E-state index in [1.165, 1.54) is 0 Å². The summed E-state index contributed by atoms with van der Waals surface area (Å²) in [4.78, 5) is 60.1. The average Bonchev–Trinajstić information content (AvgIpc) is 3.65. The van der Waals surface area contributed by atoms with Crippen molar-refractivity contribution in [3.05, 3.63) is 118 Å². The second-order valence-corrected chi connectivity index (χ2v) is 21.3. The summed E-state index contributed by atoms with van der Waals surface area (Å²) < 4.78 is 12.7. The molecule has 324 valence electrons. The van der Waals surface area contributed by atoms with Gasteiger partial charge in [-0.15, -0.1) is 0 Å². The van der Waals surface area contributed by atoms with Crippen LogP contribution in [0.3, 0.4) is 0 Å². The summed E-state index contributed by atoms with van der Waals surface area (Å²) in [6, 6.07) is 27.8. The summed E-state index contributed by atoms with van der Waals surface area (Å²) in [5.74, 6) is -0.386. The molecule has 0 bridgehead atoms. The highest BCUT2D eigenvalue weighted by molar-refractivity contribution is 6.71. The van der Waals surface area contributed by atoms with E-state index in [9.17, 15) is 24.6 Å². The molecule has 3 amide bonds. The summed E-state index contributed by atoms with van der Waals surface area (Å²) in [5.41, 5.74) is 3.42. The molecular formula is C47H57ClN4O8Si. The molecule has 0 saturated carbocycles. The maximum atomic E-state index is 15.1. The Morgan fingerprint density at radius 1 is 0.967 bits per heavy atom. The van der Waals surface area contributed by atoms with E-state index in [4.69, 9.17) is 21.1 Å². The van der Waals surface area contributed by atoms with Gasteiger partial charge in [-0.05, 0) is 111 Å². The molecule has 14 heteroatoms. The summed E-state index contributed by atoms with van der Waals surface area (Å²) in [6.45, 7) is 9.13. The van der Waals surface area contributed by atoms with E-state index in [1.807, 2.05) is 106 Å². The number of nitrogens with zero attached hydrogens (tertiary/aromatic N) is 3. The number of hydrogen-bond acceptors (Lipinski definition) is 9. The van der Waals surface area contributed by atoms with Gasteiger partial charge in [0.05, 0.1) is 49.7 Å². The van der Waals surface area contributed by atoms with Crippen LogP contribution in [-0.4, -0.2) is 91.0 Å². The number of aliphatic hydroxyl groups is 2. The van der Waals surface area contributed by atoms with Crippen LogP contribution in [0.4, 0.5) is 17.1 Å². The van der Waals surface area contributed by atoms with Crippen LogP contribution in [0.5, 0.6) is 5.75 Å². The lowest BCUT2D eigenvalue weighted by Crippen LogP contribution is -2.49. The van der Waals surface area contributed by atoms with Crippen molar-refractivity contribution < 1.29 is 38.9 Å². The van der Waals surface area contributed by atoms with Crippen LogP contribution < -0.4 is 19.9 Å². The van der Waals surface area contributed by atoms with Gasteiger partial charge >= 0.3 is 0 Å². The topological polar surface area (TPSA) is 152 Å². The normalized spacial score (nSPS) is 22.2. The molecule has 1 saturated heterocycles. The number of carbonyl (C=O) groups is 3. The first-order valence-corrected chi connectivity index (χ1v) is 24.7. The molecule has 1 unspecified atom stereocenters. The number of nitrogens with one attached hydrogen (secondary N) is 1. The van der Waals surface area contributed by atoms with Gasteiger partial charge in [-0.3, -0.25) is 19.3 Å². The van der Waals surface area contributed by atoms with Crippen LogP contribution in [0.2, 0.25) is 23.7 Å². The van der Waals surface area contributed by atoms with Crippen LogP contribution in [0.25, 0.3) is 0 Å². The summed E-state index contributed by atoms with van der Waals surface area (Å²) >= 11 is 6.64. The van der Waals surface area contributed by atoms with Gasteiger partial charge in [-0.2, -0.15) is 0 Å². The molecule has 4 aromatic rings. The van der Waals surface area contributed by atoms with Crippen LogP contribution >= 0.6 is 11.6 Å². The zero-order valence-corrected chi connectivity index (χ0v) is 37.1. The Hall–Kier alpha value is -4.60. The van der Waals surface area contributed by atoms with Gasteiger partial charge in [0.1, 0.15) is 5.75 Å². The quantitative estimate of drug-likeness (QED) is 0.0694. The molecule has 3 heterocycles. The highest BCUT2D eigenvalue weighted by Gasteiger charge is 2.66. The number of anilines is 3. The first-order valence-electron chi connectivity index (χ1n) is 21.3. The molecule has 1 spiro atoms. The van der Waals surface area contributed by atoms with E-state index in [1.54, 1.807) is 26.8 Å². The molecule has 1 fully saturated rings. The third-order valence-corrected chi connectivity index (χ3v) is 15.1. The molecule has 5 atom stereocenters. The third-order valence-electron chi connectivity index (χ3n) is 12.3. The first kappa shape index (κ1) is 44.5. The number of amides is 3. The minimum Gasteiger partial charge on any atom is -0.494 e. The van der Waals surface area contributed by atoms with Crippen LogP contribution in [-0.2, 0) is 44.2 Å². The Morgan fingerprint density at radius 2 is 1.70 bits per heavy atom. The molecule has 4 N–H and O–H groups in total. The third kappa shape index (κ3) is 9.01. The molecule has 3 aliphatic heterocycles. The van der Waals surface area contributed by atoms with Gasteiger partial charge in [0.15, 0.2) is 13.9 Å². The van der Waals surface area contributed by atoms with Gasteiger partial charge in [0.2, 0.25) is 11.8 Å². The first-order chi connectivity index (χ1) is 29.3. The molecule has 0 aliphatic carbocycles. The Kier molecular flexibility index (Phi) is 13.7. The van der Waals surface area contributed by atoms with Crippen LogP contribution in [0.1, 0.15) is 55.4 Å². The fraction of sp³-hybridized carbons (Fsp3) is 0.426. The number of carbonyl (C=O) groups excluding carboxylic acids is 3. The minimum atomic E-state index is -3.08. The number of ether oxygens (including phenoxy) is 2. The monoisotopic (exact) mass is 868 g/mol. The summed E-state index contributed by atoms with van der Waals surface area (Å²) in [6.07, 6.45) is 1.05. The van der Waals surface area contributed by atoms with E-state index >= 15 is 4.79 Å². The van der Waals surface area contributed by atoms with Gasteiger partial charge in [-0.25, -0.2) is 0 Å². The van der Waals surface area contributed by atoms with E-state index < -0.39 is 37.5 Å². The van der Waals surface area contributed by atoms with Crippen molar-refractivity contribution >= 4 is 54.7 Å². The fourth-order valence-electron chi connectivity index (χ4n) is 9.58. The van der Waals surface area contributed by atoms with Crippen molar-refractivity contribution in [1.82, 2.24) is 10.2 Å². The van der Waals surface area contributed by atoms with Crippen molar-refractivity contribution in [1.29, 1.82) is 0 Å². The van der Waals surface area contributed by atoms with Gasteiger partial charge in [-0.1, -0.05) is 61.0 Å². The molecule has 0 radical (unpaired) electrons. The highest BCUT2D eigenvalue weighted by atomic mass is 35.5. The summed E-state index contributed by atoms with van der Waals surface area (Å²) in [7, 11) is -3.08. The van der Waals surface area contributed by atoms with E-state index in [2.05, 4.69) is 5.32 Å². The Balaban J connectivity index is 1.16. The van der Waals surface area contributed by atoms with Crippen LogP contribution in [0.15, 0.2) is 91.0 Å². The Bertz CT molecular complexity index is 2210. The minimum absolute atomic E-state index is 0.0739. The SMILES string of the molecule is CCOc1ccc2c(c1)CC(NCCCCO)C(=O)N2c1ccc(CN2C(=O)[C@]3(O[C@H](CC(=O)N(CCO)Cc4ccccc4)[C@@H]([Si](C)(C)O)[C@@H]3C)c3cc(Cl)ccc32)cc1. The molecule has 61 heavy (non-hydrogen) atoms. The second kappa shape index (κ2) is 18.8. The van der Waals surface area contributed by atoms with Crippen molar-refractivity contribution in [2.24, 2.45) is 5.92 Å². The van der Waals surface area contributed by atoms with Crippen molar-refractivity contribution in [3.8, 4) is 5.75 Å². The lowest BCUT2D eigenvalue weighted by atomic mass is 9.82. The predicted molar refractivity (Wildman–Crippen MR) is 238 cm³/mol. The van der Waals surface area contributed by atoms with Crippen molar-refractivity contribution in [3.63, 3.8) is 0 Å². The lowest BCUT2D eigenvalue weighted by molar-refractivity contribution is -0.150. The van der Waals surface area contributed by atoms with Gasteiger partial charge in [0, 0.05) is 47.4 Å². The smallest absolute Gasteiger partial charge is 0.264 e. The number of hydrogen-bond donors (Lipinski definition) is 4. The molecule has 3 aliphatic rings. The van der Waals surface area contributed by atoms with E-state index in [0.29, 0.717) is 54.5 Å². The molecule has 0 aromatic heterocycles. The zero-order valence-electron chi connectivity index (χ0n) is 35.4. The molecular weight excluding hydrogens is 812 g/mol. The van der Waals surface area contributed by atoms with Crippen LogP contribution in [0, 0.1) is 5.92 Å². The number of halogens is 1. The number of unbranched alkanes of at least 4 members (excludes halogenated alkanes) is 1. The largest absolute Gasteiger partial charge is 0.494 e. The highest BCUT2D eigenvalue weighted by Crippen LogP contribution is 2.60. The summed E-state index contributed by atoms with van der Waals surface area (Å²) in [5, 5.41) is 23.0. The maximum Gasteiger partial charge on any atom is 0.264 e. The molecule has 7 rings (SSSR count). The molecule has 12 nitrogen and oxygen atoms in total. The van der Waals surface area contributed by atoms with E-state index in [0.717, 1.165) is 34.5 Å². The number of benzene rings is 4. The maximum absolute atomic E-state index is 15.1. The van der Waals surface area contributed by atoms with Gasteiger partial charge < -0.3 is 39.6 Å². The standard InChI is InChI=1S/C47H57ClN4O8Si/c1-5-59-37-18-20-40-34(25-37)26-39(49-21-9-10-23-53)45(56)52(40)36-16-13-33(14-17-36)30-51-41-19-15-35(48)27-38(41)47(46(51)57)31(2)44(61(3,4)58)42(60-47)28-43(55)50(22-24-54)29-32-11-7-6-8-12-32/h6-8,11-20,25,27,31,39,42,44,49,53-54,58H,5,9-10,21-24,26,28-30H2,1-4H3/t31-,39?,42+,44-,47+/m0/s1. The van der Waals surface area contributed by atoms with Crippen molar-refractivity contribution in [2.45, 2.75) is 89.0 Å². The Morgan fingerprint density at radius 3 is 2.39 bits per heavy atom. The Labute approximate surface area is 364 Å². The zero-order chi connectivity index (χ0) is 43.5. The lowest BCUT2D eigenvalue weighted by Gasteiger charge is -2.35. The number of aliphatic hydroxyl groups excluding tert-OH is 2. The van der Waals surface area contributed by atoms with E-state index in [-0.39, 0.29) is 50.4 Å². The average molecular weight is 870 g/mol. The predicted octanol–water partition coefficient (Wildman–Crippen LogP) is 6.45. The fourth-order valence-corrected chi connectivity index (χ4v) is 12.3. The number of rotatable bonds is 17. The van der Waals surface area contributed by atoms with Crippen molar-refractivity contribution in [2.75, 3.05) is 42.7 Å². The molecule has 4 aromatic carbocycles.